The highest BCUT2D eigenvalue weighted by Gasteiger charge is 2.31. The molecule has 0 aromatic carbocycles. The van der Waals surface area contributed by atoms with E-state index in [1.165, 1.54) is 0 Å². The first-order valence-electron chi connectivity index (χ1n) is 5.48. The van der Waals surface area contributed by atoms with Gasteiger partial charge in [-0.25, -0.2) is 0 Å². The summed E-state index contributed by atoms with van der Waals surface area (Å²) in [6.45, 7) is 9.56. The fourth-order valence-corrected chi connectivity index (χ4v) is 0. The van der Waals surface area contributed by atoms with E-state index in [1.54, 1.807) is 27.7 Å². The lowest BCUT2D eigenvalue weighted by Crippen LogP contribution is -2.44. The van der Waals surface area contributed by atoms with E-state index in [2.05, 4.69) is 0 Å². The first kappa shape index (κ1) is 26.8. The van der Waals surface area contributed by atoms with Gasteiger partial charge in [-0.15, -0.1) is 0 Å². The fraction of sp³-hybridized carbons (Fsp3) is 0.750. The molecule has 0 rings (SSSR count). The highest BCUT2D eigenvalue weighted by Crippen LogP contribution is 2.19. The number of carboxylic acids is 3. The van der Waals surface area contributed by atoms with Crippen LogP contribution in [0.3, 0.4) is 0 Å². The second kappa shape index (κ2) is 12.4. The van der Waals surface area contributed by atoms with Crippen molar-refractivity contribution in [3.63, 3.8) is 0 Å². The molecule has 0 spiro atoms. The normalized spacial score (nSPS) is 9.45. The maximum atomic E-state index is 9.10. The smallest absolute Gasteiger partial charge is 0.300 e. The summed E-state index contributed by atoms with van der Waals surface area (Å²) >= 11 is 0. The number of aliphatic hydroxyl groups is 2. The molecule has 0 aliphatic heterocycles. The van der Waals surface area contributed by atoms with Crippen LogP contribution in [0.2, 0.25) is 0 Å². The van der Waals surface area contributed by atoms with E-state index in [9.17, 15) is 0 Å². The van der Waals surface area contributed by atoms with E-state index in [4.69, 9.17) is 39.9 Å². The maximum absolute atomic E-state index is 9.10. The Labute approximate surface area is 118 Å². The minimum atomic E-state index is -1.01. The second-order valence-corrected chi connectivity index (χ2v) is 4.68. The molecule has 0 amide bonds. The maximum Gasteiger partial charge on any atom is 0.300 e. The second-order valence-electron chi connectivity index (χ2n) is 4.68. The van der Waals surface area contributed by atoms with Gasteiger partial charge in [0.25, 0.3) is 17.9 Å². The van der Waals surface area contributed by atoms with Gasteiger partial charge in [0.15, 0.2) is 0 Å². The van der Waals surface area contributed by atoms with Gasteiger partial charge in [0.05, 0.1) is 11.2 Å². The Balaban J connectivity index is -0.0000000917. The van der Waals surface area contributed by atoms with Crippen molar-refractivity contribution in [2.45, 2.75) is 59.7 Å². The van der Waals surface area contributed by atoms with Crippen molar-refractivity contribution in [1.82, 2.24) is 0 Å². The van der Waals surface area contributed by atoms with Gasteiger partial charge in [-0.2, -0.15) is 0 Å². The summed E-state index contributed by atoms with van der Waals surface area (Å²) in [5, 5.41) is 40.5. The molecule has 0 aliphatic carbocycles. The summed E-state index contributed by atoms with van der Waals surface area (Å²) in [5.41, 5.74) is -2.01. The average molecular weight is 298 g/mol. The number of hydrogen-bond acceptors (Lipinski definition) is 5. The van der Waals surface area contributed by atoms with Crippen LogP contribution < -0.4 is 0 Å². The van der Waals surface area contributed by atoms with Gasteiger partial charge in [-0.05, 0) is 27.7 Å². The molecule has 0 aliphatic rings. The minimum Gasteiger partial charge on any atom is -0.481 e. The first-order chi connectivity index (χ1) is 8.45. The van der Waals surface area contributed by atoms with E-state index in [0.717, 1.165) is 20.8 Å². The highest BCUT2D eigenvalue weighted by molar-refractivity contribution is 5.63. The zero-order valence-electron chi connectivity index (χ0n) is 13.0. The van der Waals surface area contributed by atoms with Gasteiger partial charge in [-0.3, -0.25) is 14.4 Å². The zero-order chi connectivity index (χ0) is 17.7. The lowest BCUT2D eigenvalue weighted by molar-refractivity contribution is -0.135. The van der Waals surface area contributed by atoms with E-state index < -0.39 is 29.1 Å². The Kier molecular flexibility index (Phi) is 16.6. The van der Waals surface area contributed by atoms with Crippen molar-refractivity contribution in [3.05, 3.63) is 0 Å². The number of hydrogen-bond donors (Lipinski definition) is 5. The number of aliphatic carboxylic acids is 3. The van der Waals surface area contributed by atoms with Crippen molar-refractivity contribution in [3.8, 4) is 0 Å². The quantitative estimate of drug-likeness (QED) is 0.476. The number of rotatable bonds is 1. The molecule has 8 heteroatoms. The number of carboxylic acid groups (broad SMARTS) is 3. The molecule has 5 N–H and O–H groups in total. The number of carbonyl (C=O) groups is 3. The van der Waals surface area contributed by atoms with Gasteiger partial charge < -0.3 is 25.5 Å². The SMILES string of the molecule is CC(=O)O.CC(=O)O.CC(=O)O.CC(C)(O)C(C)(C)O. The molecule has 0 bridgehead atoms. The molecule has 0 heterocycles. The Hall–Kier alpha value is -1.67. The first-order valence-corrected chi connectivity index (χ1v) is 5.48. The van der Waals surface area contributed by atoms with Crippen molar-refractivity contribution in [1.29, 1.82) is 0 Å². The molecule has 122 valence electrons. The Bertz CT molecular complexity index is 230. The summed E-state index contributed by atoms with van der Waals surface area (Å²) in [5.74, 6) is -2.50. The van der Waals surface area contributed by atoms with Gasteiger partial charge in [0.2, 0.25) is 0 Å². The van der Waals surface area contributed by atoms with E-state index in [1.807, 2.05) is 0 Å². The Morgan fingerprint density at radius 3 is 0.650 bits per heavy atom. The van der Waals surface area contributed by atoms with Crippen LogP contribution >= 0.6 is 0 Å². The van der Waals surface area contributed by atoms with Crippen LogP contribution in [0.25, 0.3) is 0 Å². The molecular formula is C12H26O8. The van der Waals surface area contributed by atoms with Crippen LogP contribution in [-0.4, -0.2) is 54.6 Å². The highest BCUT2D eigenvalue weighted by atomic mass is 16.4. The van der Waals surface area contributed by atoms with Crippen LogP contribution in [0.5, 0.6) is 0 Å². The van der Waals surface area contributed by atoms with Gasteiger partial charge in [-0.1, -0.05) is 0 Å². The lowest BCUT2D eigenvalue weighted by Gasteiger charge is -2.31. The largest absolute Gasteiger partial charge is 0.481 e. The van der Waals surface area contributed by atoms with Crippen molar-refractivity contribution in [2.75, 3.05) is 0 Å². The summed E-state index contributed by atoms with van der Waals surface area (Å²) < 4.78 is 0. The van der Waals surface area contributed by atoms with Crippen molar-refractivity contribution < 1.29 is 39.9 Å². The molecular weight excluding hydrogens is 272 g/mol. The van der Waals surface area contributed by atoms with Gasteiger partial charge in [0, 0.05) is 20.8 Å². The van der Waals surface area contributed by atoms with E-state index in [-0.39, 0.29) is 0 Å². The van der Waals surface area contributed by atoms with Crippen molar-refractivity contribution in [2.24, 2.45) is 0 Å². The summed E-state index contributed by atoms with van der Waals surface area (Å²) in [4.78, 5) is 27.0. The topological polar surface area (TPSA) is 152 Å². The predicted molar refractivity (Wildman–Crippen MR) is 72.5 cm³/mol. The van der Waals surface area contributed by atoms with E-state index >= 15 is 0 Å². The third-order valence-electron chi connectivity index (χ3n) is 1.50. The average Bonchev–Trinajstić information content (AvgIpc) is 1.94. The summed E-state index contributed by atoms with van der Waals surface area (Å²) in [7, 11) is 0. The molecule has 20 heavy (non-hydrogen) atoms. The van der Waals surface area contributed by atoms with Crippen LogP contribution in [0.15, 0.2) is 0 Å². The van der Waals surface area contributed by atoms with Crippen LogP contribution in [0.4, 0.5) is 0 Å². The summed E-state index contributed by atoms with van der Waals surface area (Å²) in [6.07, 6.45) is 0. The third kappa shape index (κ3) is 71.4. The molecule has 8 nitrogen and oxygen atoms in total. The molecule has 0 unspecified atom stereocenters. The fourth-order valence-electron chi connectivity index (χ4n) is 0. The standard InChI is InChI=1S/C6H14O2.3C2H4O2/c1-5(2,7)6(3,4)8;3*1-2(3)4/h7-8H,1-4H3;3*1H3,(H,3,4). The molecule has 0 saturated heterocycles. The van der Waals surface area contributed by atoms with Crippen LogP contribution in [0, 0.1) is 0 Å². The van der Waals surface area contributed by atoms with Crippen LogP contribution in [-0.2, 0) is 14.4 Å². The molecule has 0 aromatic heterocycles. The Morgan fingerprint density at radius 1 is 0.600 bits per heavy atom. The summed E-state index contributed by atoms with van der Waals surface area (Å²) in [6, 6.07) is 0. The van der Waals surface area contributed by atoms with Crippen molar-refractivity contribution >= 4 is 17.9 Å². The molecule has 0 atom stereocenters. The monoisotopic (exact) mass is 298 g/mol. The third-order valence-corrected chi connectivity index (χ3v) is 1.50. The van der Waals surface area contributed by atoms with Gasteiger partial charge >= 0.3 is 0 Å². The minimum absolute atomic E-state index is 0.833. The molecule has 0 saturated carbocycles. The Morgan fingerprint density at radius 2 is 0.650 bits per heavy atom. The van der Waals surface area contributed by atoms with Gasteiger partial charge in [0.1, 0.15) is 0 Å². The van der Waals surface area contributed by atoms with Crippen LogP contribution in [0.1, 0.15) is 48.5 Å². The molecule has 0 aromatic rings. The lowest BCUT2D eigenvalue weighted by atomic mass is 9.90. The molecule has 0 radical (unpaired) electrons. The molecule has 0 fully saturated rings. The predicted octanol–water partition coefficient (Wildman–Crippen LogP) is 0.801. The zero-order valence-corrected chi connectivity index (χ0v) is 13.0. The van der Waals surface area contributed by atoms with E-state index in [0.29, 0.717) is 0 Å².